The lowest BCUT2D eigenvalue weighted by Gasteiger charge is -2.11. The van der Waals surface area contributed by atoms with Crippen molar-refractivity contribution < 1.29 is 10.0 Å². The maximum atomic E-state index is 10.4. The van der Waals surface area contributed by atoms with E-state index in [0.29, 0.717) is 6.54 Å². The first kappa shape index (κ1) is 9.39. The summed E-state index contributed by atoms with van der Waals surface area (Å²) < 4.78 is 0. The van der Waals surface area contributed by atoms with Crippen LogP contribution in [0.25, 0.3) is 0 Å². The quantitative estimate of drug-likeness (QED) is 0.329. The molecule has 60 valence electrons. The molecular formula is C6H14N2O2. The standard InChI is InChI=1S/C6H14N2O2/c1-6(9)8(10)5-3-4-7-2/h7,10H,3-5H2,1-2H3. The molecule has 0 radical (unpaired) electrons. The molecule has 0 bridgehead atoms. The van der Waals surface area contributed by atoms with Crippen molar-refractivity contribution in [2.45, 2.75) is 13.3 Å². The number of hydrogen-bond acceptors (Lipinski definition) is 3. The number of rotatable bonds is 4. The fourth-order valence-electron chi connectivity index (χ4n) is 0.563. The highest BCUT2D eigenvalue weighted by molar-refractivity contribution is 5.71. The van der Waals surface area contributed by atoms with Crippen LogP contribution in [-0.2, 0) is 4.79 Å². The van der Waals surface area contributed by atoms with Crippen LogP contribution in [0.2, 0.25) is 0 Å². The fraction of sp³-hybridized carbons (Fsp3) is 0.833. The summed E-state index contributed by atoms with van der Waals surface area (Å²) in [6.45, 7) is 2.54. The van der Waals surface area contributed by atoms with Gasteiger partial charge in [-0.15, -0.1) is 0 Å². The van der Waals surface area contributed by atoms with Crippen molar-refractivity contribution in [3.05, 3.63) is 0 Å². The molecule has 1 amide bonds. The van der Waals surface area contributed by atoms with Gasteiger partial charge >= 0.3 is 0 Å². The SMILES string of the molecule is CNCCCN(O)C(C)=O. The van der Waals surface area contributed by atoms with E-state index in [0.717, 1.165) is 18.0 Å². The van der Waals surface area contributed by atoms with E-state index < -0.39 is 0 Å². The maximum absolute atomic E-state index is 10.4. The molecule has 0 aromatic heterocycles. The molecule has 0 aliphatic carbocycles. The molecule has 0 aliphatic rings. The van der Waals surface area contributed by atoms with Crippen LogP contribution in [0.5, 0.6) is 0 Å². The number of hydroxylamine groups is 2. The number of carbonyl (C=O) groups is 1. The lowest BCUT2D eigenvalue weighted by Crippen LogP contribution is -2.27. The van der Waals surface area contributed by atoms with Gasteiger partial charge in [-0.2, -0.15) is 0 Å². The maximum Gasteiger partial charge on any atom is 0.242 e. The molecule has 0 heterocycles. The minimum absolute atomic E-state index is 0.309. The Morgan fingerprint density at radius 1 is 1.70 bits per heavy atom. The number of hydrogen-bond donors (Lipinski definition) is 2. The molecule has 0 aromatic rings. The van der Waals surface area contributed by atoms with Gasteiger partial charge in [0.05, 0.1) is 0 Å². The van der Waals surface area contributed by atoms with E-state index in [9.17, 15) is 4.79 Å². The zero-order valence-electron chi connectivity index (χ0n) is 6.42. The van der Waals surface area contributed by atoms with Gasteiger partial charge in [-0.05, 0) is 20.0 Å². The Labute approximate surface area is 60.8 Å². The molecule has 0 atom stereocenters. The predicted molar refractivity (Wildman–Crippen MR) is 37.7 cm³/mol. The Morgan fingerprint density at radius 3 is 2.70 bits per heavy atom. The average molecular weight is 146 g/mol. The molecule has 0 saturated carbocycles. The second-order valence-corrected chi connectivity index (χ2v) is 2.10. The van der Waals surface area contributed by atoms with Crippen molar-refractivity contribution in [2.24, 2.45) is 0 Å². The van der Waals surface area contributed by atoms with Gasteiger partial charge in [-0.1, -0.05) is 0 Å². The lowest BCUT2D eigenvalue weighted by molar-refractivity contribution is -0.162. The third kappa shape index (κ3) is 4.29. The fourth-order valence-corrected chi connectivity index (χ4v) is 0.563. The number of amides is 1. The first-order valence-electron chi connectivity index (χ1n) is 3.30. The van der Waals surface area contributed by atoms with Gasteiger partial charge in [0.2, 0.25) is 5.91 Å². The minimum atomic E-state index is -0.309. The highest BCUT2D eigenvalue weighted by Crippen LogP contribution is 1.85. The van der Waals surface area contributed by atoms with Gasteiger partial charge in [0.25, 0.3) is 0 Å². The zero-order valence-corrected chi connectivity index (χ0v) is 6.42. The van der Waals surface area contributed by atoms with Gasteiger partial charge in [0, 0.05) is 13.5 Å². The highest BCUT2D eigenvalue weighted by atomic mass is 16.5. The van der Waals surface area contributed by atoms with E-state index in [1.165, 1.54) is 6.92 Å². The van der Waals surface area contributed by atoms with E-state index in [4.69, 9.17) is 5.21 Å². The van der Waals surface area contributed by atoms with Crippen LogP contribution in [-0.4, -0.2) is 36.3 Å². The average Bonchev–Trinajstić information content (AvgIpc) is 1.88. The van der Waals surface area contributed by atoms with Crippen LogP contribution in [0.15, 0.2) is 0 Å². The normalized spacial score (nSPS) is 9.50. The molecule has 0 spiro atoms. The van der Waals surface area contributed by atoms with E-state index in [1.807, 2.05) is 7.05 Å². The predicted octanol–water partition coefficient (Wildman–Crippen LogP) is -0.166. The van der Waals surface area contributed by atoms with Crippen molar-refractivity contribution >= 4 is 5.91 Å². The summed E-state index contributed by atoms with van der Waals surface area (Å²) in [4.78, 5) is 10.4. The van der Waals surface area contributed by atoms with Gasteiger partial charge in [-0.3, -0.25) is 10.0 Å². The molecule has 10 heavy (non-hydrogen) atoms. The Balaban J connectivity index is 3.21. The van der Waals surface area contributed by atoms with Crippen molar-refractivity contribution in [3.63, 3.8) is 0 Å². The topological polar surface area (TPSA) is 52.6 Å². The second kappa shape index (κ2) is 5.20. The van der Waals surface area contributed by atoms with E-state index in [2.05, 4.69) is 5.32 Å². The van der Waals surface area contributed by atoms with Crippen molar-refractivity contribution in [1.29, 1.82) is 0 Å². The molecule has 0 unspecified atom stereocenters. The van der Waals surface area contributed by atoms with E-state index in [-0.39, 0.29) is 5.91 Å². The Kier molecular flexibility index (Phi) is 4.88. The van der Waals surface area contributed by atoms with Gasteiger partial charge < -0.3 is 5.32 Å². The monoisotopic (exact) mass is 146 g/mol. The summed E-state index contributed by atoms with van der Waals surface area (Å²) in [5.74, 6) is -0.309. The highest BCUT2D eigenvalue weighted by Gasteiger charge is 2.01. The van der Waals surface area contributed by atoms with Gasteiger partial charge in [0.15, 0.2) is 0 Å². The van der Waals surface area contributed by atoms with Crippen LogP contribution in [0.3, 0.4) is 0 Å². The summed E-state index contributed by atoms with van der Waals surface area (Å²) in [6, 6.07) is 0. The van der Waals surface area contributed by atoms with Crippen molar-refractivity contribution in [1.82, 2.24) is 10.4 Å². The first-order chi connectivity index (χ1) is 4.68. The summed E-state index contributed by atoms with van der Waals surface area (Å²) in [7, 11) is 1.83. The zero-order chi connectivity index (χ0) is 7.98. The first-order valence-corrected chi connectivity index (χ1v) is 3.30. The molecule has 2 N–H and O–H groups in total. The molecule has 0 aliphatic heterocycles. The molecule has 4 nitrogen and oxygen atoms in total. The molecule has 0 aromatic carbocycles. The van der Waals surface area contributed by atoms with Crippen LogP contribution in [0.4, 0.5) is 0 Å². The molecule has 0 saturated heterocycles. The van der Waals surface area contributed by atoms with Gasteiger partial charge in [-0.25, -0.2) is 5.06 Å². The lowest BCUT2D eigenvalue weighted by atomic mass is 10.4. The van der Waals surface area contributed by atoms with Crippen molar-refractivity contribution in [3.8, 4) is 0 Å². The third-order valence-corrected chi connectivity index (χ3v) is 1.16. The number of carbonyl (C=O) groups excluding carboxylic acids is 1. The van der Waals surface area contributed by atoms with Crippen LogP contribution < -0.4 is 5.32 Å². The molecule has 0 rings (SSSR count). The third-order valence-electron chi connectivity index (χ3n) is 1.16. The summed E-state index contributed by atoms with van der Waals surface area (Å²) >= 11 is 0. The van der Waals surface area contributed by atoms with Gasteiger partial charge in [0.1, 0.15) is 0 Å². The minimum Gasteiger partial charge on any atom is -0.320 e. The molecule has 4 heteroatoms. The van der Waals surface area contributed by atoms with Crippen LogP contribution in [0, 0.1) is 0 Å². The Morgan fingerprint density at radius 2 is 2.30 bits per heavy atom. The van der Waals surface area contributed by atoms with E-state index >= 15 is 0 Å². The van der Waals surface area contributed by atoms with Crippen LogP contribution >= 0.6 is 0 Å². The van der Waals surface area contributed by atoms with Crippen molar-refractivity contribution in [2.75, 3.05) is 20.1 Å². The molecule has 0 fully saturated rings. The number of nitrogens with one attached hydrogen (secondary N) is 1. The Hall–Kier alpha value is -0.610. The largest absolute Gasteiger partial charge is 0.320 e. The Bertz CT molecular complexity index is 106. The summed E-state index contributed by atoms with van der Waals surface area (Å²) in [5, 5.41) is 12.4. The summed E-state index contributed by atoms with van der Waals surface area (Å²) in [6.07, 6.45) is 0.770. The molecular weight excluding hydrogens is 132 g/mol. The smallest absolute Gasteiger partial charge is 0.242 e. The number of nitrogens with zero attached hydrogens (tertiary/aromatic N) is 1. The summed E-state index contributed by atoms with van der Waals surface area (Å²) in [5.41, 5.74) is 0. The second-order valence-electron chi connectivity index (χ2n) is 2.10. The van der Waals surface area contributed by atoms with E-state index in [1.54, 1.807) is 0 Å². The van der Waals surface area contributed by atoms with Crippen LogP contribution in [0.1, 0.15) is 13.3 Å².